The molecule has 12 heavy (non-hydrogen) atoms. The van der Waals surface area contributed by atoms with Crippen molar-refractivity contribution in [2.75, 3.05) is 7.11 Å². The van der Waals surface area contributed by atoms with Gasteiger partial charge >= 0.3 is 5.97 Å². The first-order valence-corrected chi connectivity index (χ1v) is 4.23. The second-order valence-corrected chi connectivity index (χ2v) is 3.42. The Hall–Kier alpha value is -0.610. The Balaban J connectivity index is 2.12. The van der Waals surface area contributed by atoms with E-state index in [0.717, 1.165) is 12.8 Å². The van der Waals surface area contributed by atoms with Crippen molar-refractivity contribution in [1.29, 1.82) is 0 Å². The standard InChI is InChI=1S/C8H13NO3/c1-11-8(10)6-4-2-3-5(12-4)7(6)9/h4-7H,2-3,9H2,1H3/t4-,5?,6?,7?/m1/s1. The summed E-state index contributed by atoms with van der Waals surface area (Å²) in [4.78, 5) is 11.2. The number of hydrogen-bond donors (Lipinski definition) is 1. The highest BCUT2D eigenvalue weighted by atomic mass is 16.5. The van der Waals surface area contributed by atoms with Crippen LogP contribution >= 0.6 is 0 Å². The third kappa shape index (κ3) is 0.949. The molecule has 2 aliphatic rings. The summed E-state index contributed by atoms with van der Waals surface area (Å²) in [6.45, 7) is 0. The number of methoxy groups -OCH3 is 1. The third-order valence-electron chi connectivity index (χ3n) is 2.80. The molecule has 0 amide bonds. The Morgan fingerprint density at radius 1 is 1.50 bits per heavy atom. The van der Waals surface area contributed by atoms with Crippen LogP contribution in [0.2, 0.25) is 0 Å². The first kappa shape index (κ1) is 8.01. The minimum atomic E-state index is -0.228. The zero-order valence-electron chi connectivity index (χ0n) is 7.03. The molecule has 0 saturated carbocycles. The summed E-state index contributed by atoms with van der Waals surface area (Å²) in [6.07, 6.45) is 2.02. The van der Waals surface area contributed by atoms with Gasteiger partial charge in [0.2, 0.25) is 0 Å². The number of carbonyl (C=O) groups excluding carboxylic acids is 1. The van der Waals surface area contributed by atoms with Crippen molar-refractivity contribution in [3.63, 3.8) is 0 Å². The Morgan fingerprint density at radius 3 is 2.67 bits per heavy atom. The molecule has 2 rings (SSSR count). The molecule has 2 aliphatic heterocycles. The van der Waals surface area contributed by atoms with Gasteiger partial charge in [-0.3, -0.25) is 4.79 Å². The molecule has 0 spiro atoms. The van der Waals surface area contributed by atoms with Gasteiger partial charge in [-0.2, -0.15) is 0 Å². The van der Waals surface area contributed by atoms with Crippen LogP contribution in [0.4, 0.5) is 0 Å². The molecule has 4 heteroatoms. The topological polar surface area (TPSA) is 61.5 Å². The average molecular weight is 171 g/mol. The number of fused-ring (bicyclic) bond motifs is 2. The minimum Gasteiger partial charge on any atom is -0.469 e. The van der Waals surface area contributed by atoms with Gasteiger partial charge in [-0.05, 0) is 12.8 Å². The van der Waals surface area contributed by atoms with E-state index in [1.807, 2.05) is 0 Å². The lowest BCUT2D eigenvalue weighted by Gasteiger charge is -2.21. The fourth-order valence-electron chi connectivity index (χ4n) is 2.16. The molecule has 3 unspecified atom stereocenters. The van der Waals surface area contributed by atoms with Gasteiger partial charge in [0.05, 0.1) is 19.3 Å². The molecule has 4 atom stereocenters. The van der Waals surface area contributed by atoms with Crippen LogP contribution in [0.15, 0.2) is 0 Å². The van der Waals surface area contributed by atoms with Gasteiger partial charge in [0.1, 0.15) is 5.92 Å². The number of hydrogen-bond acceptors (Lipinski definition) is 4. The lowest BCUT2D eigenvalue weighted by molar-refractivity contribution is -0.147. The molecule has 0 radical (unpaired) electrons. The molecular formula is C8H13NO3. The van der Waals surface area contributed by atoms with Gasteiger partial charge in [0, 0.05) is 6.04 Å². The van der Waals surface area contributed by atoms with Crippen LogP contribution in [0.5, 0.6) is 0 Å². The first-order valence-electron chi connectivity index (χ1n) is 4.23. The van der Waals surface area contributed by atoms with Crippen molar-refractivity contribution in [2.24, 2.45) is 11.7 Å². The zero-order chi connectivity index (χ0) is 8.72. The zero-order valence-corrected chi connectivity index (χ0v) is 7.03. The van der Waals surface area contributed by atoms with Crippen LogP contribution in [-0.4, -0.2) is 31.3 Å². The second-order valence-electron chi connectivity index (χ2n) is 3.42. The lowest BCUT2D eigenvalue weighted by Crippen LogP contribution is -2.44. The first-order chi connectivity index (χ1) is 5.74. The van der Waals surface area contributed by atoms with Crippen molar-refractivity contribution < 1.29 is 14.3 Å². The summed E-state index contributed by atoms with van der Waals surface area (Å²) in [5.41, 5.74) is 5.81. The molecule has 2 saturated heterocycles. The summed E-state index contributed by atoms with van der Waals surface area (Å²) in [5, 5.41) is 0. The Morgan fingerprint density at radius 2 is 2.17 bits per heavy atom. The van der Waals surface area contributed by atoms with Crippen LogP contribution in [-0.2, 0) is 14.3 Å². The van der Waals surface area contributed by atoms with Crippen LogP contribution in [0.3, 0.4) is 0 Å². The molecule has 0 aromatic carbocycles. The average Bonchev–Trinajstić information content (AvgIpc) is 2.63. The quantitative estimate of drug-likeness (QED) is 0.548. The summed E-state index contributed by atoms with van der Waals surface area (Å²) >= 11 is 0. The summed E-state index contributed by atoms with van der Waals surface area (Å²) < 4.78 is 10.2. The van der Waals surface area contributed by atoms with Crippen molar-refractivity contribution in [2.45, 2.75) is 31.1 Å². The number of nitrogens with two attached hydrogens (primary N) is 1. The molecule has 4 nitrogen and oxygen atoms in total. The normalized spacial score (nSPS) is 44.8. The highest BCUT2D eigenvalue weighted by Gasteiger charge is 2.51. The molecule has 2 bridgehead atoms. The van der Waals surface area contributed by atoms with Crippen LogP contribution in [0.1, 0.15) is 12.8 Å². The van der Waals surface area contributed by atoms with Gasteiger partial charge in [0.15, 0.2) is 0 Å². The van der Waals surface area contributed by atoms with Crippen molar-refractivity contribution >= 4 is 5.97 Å². The van der Waals surface area contributed by atoms with Crippen LogP contribution < -0.4 is 5.73 Å². The highest BCUT2D eigenvalue weighted by Crippen LogP contribution is 2.38. The van der Waals surface area contributed by atoms with Gasteiger partial charge in [-0.25, -0.2) is 0 Å². The van der Waals surface area contributed by atoms with Crippen LogP contribution in [0, 0.1) is 5.92 Å². The maximum Gasteiger partial charge on any atom is 0.312 e. The van der Waals surface area contributed by atoms with E-state index in [9.17, 15) is 4.79 Å². The van der Waals surface area contributed by atoms with Crippen molar-refractivity contribution in [1.82, 2.24) is 0 Å². The Bertz CT molecular complexity index is 204. The monoisotopic (exact) mass is 171 g/mol. The number of esters is 1. The molecule has 2 N–H and O–H groups in total. The van der Waals surface area contributed by atoms with Gasteiger partial charge in [0.25, 0.3) is 0 Å². The third-order valence-corrected chi connectivity index (χ3v) is 2.80. The van der Waals surface area contributed by atoms with Crippen molar-refractivity contribution in [3.8, 4) is 0 Å². The van der Waals surface area contributed by atoms with E-state index in [-0.39, 0.29) is 30.1 Å². The van der Waals surface area contributed by atoms with E-state index < -0.39 is 0 Å². The maximum absolute atomic E-state index is 11.2. The van der Waals surface area contributed by atoms with E-state index in [1.54, 1.807) is 0 Å². The van der Waals surface area contributed by atoms with Crippen LogP contribution in [0.25, 0.3) is 0 Å². The van der Waals surface area contributed by atoms with E-state index in [4.69, 9.17) is 10.5 Å². The minimum absolute atomic E-state index is 0.0115. The fourth-order valence-corrected chi connectivity index (χ4v) is 2.16. The van der Waals surface area contributed by atoms with Gasteiger partial charge in [-0.1, -0.05) is 0 Å². The summed E-state index contributed by atoms with van der Waals surface area (Å²) in [6, 6.07) is -0.156. The number of carbonyl (C=O) groups is 1. The smallest absolute Gasteiger partial charge is 0.312 e. The molecule has 0 aliphatic carbocycles. The molecule has 0 aromatic heterocycles. The van der Waals surface area contributed by atoms with Gasteiger partial charge in [-0.15, -0.1) is 0 Å². The molecule has 2 fully saturated rings. The molecule has 68 valence electrons. The predicted octanol–water partition coefficient (Wildman–Crippen LogP) is -0.336. The maximum atomic E-state index is 11.2. The second kappa shape index (κ2) is 2.71. The Kier molecular flexibility index (Phi) is 1.81. The van der Waals surface area contributed by atoms with E-state index in [1.165, 1.54) is 7.11 Å². The number of ether oxygens (including phenoxy) is 2. The van der Waals surface area contributed by atoms with Gasteiger partial charge < -0.3 is 15.2 Å². The van der Waals surface area contributed by atoms with E-state index in [2.05, 4.69) is 4.74 Å². The van der Waals surface area contributed by atoms with E-state index in [0.29, 0.717) is 0 Å². The number of rotatable bonds is 1. The highest BCUT2D eigenvalue weighted by molar-refractivity contribution is 5.74. The summed E-state index contributed by atoms with van der Waals surface area (Å²) in [5.74, 6) is -0.455. The predicted molar refractivity (Wildman–Crippen MR) is 41.4 cm³/mol. The fraction of sp³-hybridized carbons (Fsp3) is 0.875. The molecular weight excluding hydrogens is 158 g/mol. The Labute approximate surface area is 71.0 Å². The molecule has 0 aromatic rings. The largest absolute Gasteiger partial charge is 0.469 e. The summed E-state index contributed by atoms with van der Waals surface area (Å²) in [7, 11) is 1.39. The lowest BCUT2D eigenvalue weighted by atomic mass is 9.85. The van der Waals surface area contributed by atoms with E-state index >= 15 is 0 Å². The molecule has 2 heterocycles. The SMILES string of the molecule is COC(=O)C1C(N)C2CC[C@H]1O2. The van der Waals surface area contributed by atoms with Crippen molar-refractivity contribution in [3.05, 3.63) is 0 Å².